The molecule has 0 radical (unpaired) electrons. The third-order valence-electron chi connectivity index (χ3n) is 4.54. The molecule has 124 valence electrons. The SMILES string of the molecule is C[C@H](Cc1ccccc1F)NCc1nc(C2CCCCC2)no1. The Bertz CT molecular complexity index is 622. The van der Waals surface area contributed by atoms with Gasteiger partial charge in [-0.3, -0.25) is 0 Å². The van der Waals surface area contributed by atoms with Gasteiger partial charge >= 0.3 is 0 Å². The van der Waals surface area contributed by atoms with Gasteiger partial charge in [0.05, 0.1) is 6.54 Å². The average molecular weight is 317 g/mol. The lowest BCUT2D eigenvalue weighted by Gasteiger charge is -2.17. The standard InChI is InChI=1S/C18H24FN3O/c1-13(11-15-9-5-6-10-16(15)19)20-12-17-21-18(22-23-17)14-7-3-2-4-8-14/h5-6,9-10,13-14,20H,2-4,7-8,11-12H2,1H3/t13-/m1/s1. The van der Waals surface area contributed by atoms with Gasteiger partial charge in [0.2, 0.25) is 5.89 Å². The van der Waals surface area contributed by atoms with Gasteiger partial charge in [0.1, 0.15) is 5.82 Å². The van der Waals surface area contributed by atoms with Crippen molar-refractivity contribution in [3.63, 3.8) is 0 Å². The third-order valence-corrected chi connectivity index (χ3v) is 4.54. The van der Waals surface area contributed by atoms with E-state index >= 15 is 0 Å². The molecule has 0 aliphatic heterocycles. The molecule has 1 saturated carbocycles. The fourth-order valence-corrected chi connectivity index (χ4v) is 3.19. The maximum Gasteiger partial charge on any atom is 0.240 e. The number of nitrogens with zero attached hydrogens (tertiary/aromatic N) is 2. The number of nitrogens with one attached hydrogen (secondary N) is 1. The van der Waals surface area contributed by atoms with Gasteiger partial charge in [-0.05, 0) is 37.8 Å². The van der Waals surface area contributed by atoms with E-state index in [0.29, 0.717) is 24.8 Å². The van der Waals surface area contributed by atoms with Crippen molar-refractivity contribution in [1.82, 2.24) is 15.5 Å². The van der Waals surface area contributed by atoms with Gasteiger partial charge in [0, 0.05) is 12.0 Å². The number of aromatic nitrogens is 2. The molecule has 0 amide bonds. The Morgan fingerprint density at radius 2 is 2.04 bits per heavy atom. The minimum atomic E-state index is -0.154. The van der Waals surface area contributed by atoms with Crippen LogP contribution in [0.15, 0.2) is 28.8 Å². The average Bonchev–Trinajstić information content (AvgIpc) is 3.05. The molecule has 1 N–H and O–H groups in total. The molecule has 1 aliphatic rings. The molecular formula is C18H24FN3O. The van der Waals surface area contributed by atoms with Crippen LogP contribution in [-0.2, 0) is 13.0 Å². The first-order chi connectivity index (χ1) is 11.2. The van der Waals surface area contributed by atoms with Gasteiger partial charge in [-0.2, -0.15) is 4.98 Å². The van der Waals surface area contributed by atoms with E-state index in [0.717, 1.165) is 24.2 Å². The summed E-state index contributed by atoms with van der Waals surface area (Å²) in [7, 11) is 0. The van der Waals surface area contributed by atoms with E-state index in [1.165, 1.54) is 25.3 Å². The third kappa shape index (κ3) is 4.38. The second-order valence-electron chi connectivity index (χ2n) is 6.46. The maximum atomic E-state index is 13.7. The Morgan fingerprint density at radius 3 is 2.83 bits per heavy atom. The van der Waals surface area contributed by atoms with Crippen molar-refractivity contribution in [2.24, 2.45) is 0 Å². The van der Waals surface area contributed by atoms with E-state index in [-0.39, 0.29) is 11.9 Å². The van der Waals surface area contributed by atoms with Crippen LogP contribution in [0.1, 0.15) is 62.2 Å². The highest BCUT2D eigenvalue weighted by Gasteiger charge is 2.21. The summed E-state index contributed by atoms with van der Waals surface area (Å²) >= 11 is 0. The van der Waals surface area contributed by atoms with Gasteiger partial charge in [-0.1, -0.05) is 42.6 Å². The summed E-state index contributed by atoms with van der Waals surface area (Å²) in [5.74, 6) is 1.77. The first-order valence-electron chi connectivity index (χ1n) is 8.51. The minimum absolute atomic E-state index is 0.136. The van der Waals surface area contributed by atoms with Crippen LogP contribution in [0, 0.1) is 5.82 Å². The summed E-state index contributed by atoms with van der Waals surface area (Å²) in [5, 5.41) is 7.46. The monoisotopic (exact) mass is 317 g/mol. The highest BCUT2D eigenvalue weighted by Crippen LogP contribution is 2.30. The number of rotatable bonds is 6. The smallest absolute Gasteiger partial charge is 0.240 e. The molecule has 1 aliphatic carbocycles. The molecule has 1 atom stereocenters. The molecule has 1 fully saturated rings. The Balaban J connectivity index is 1.50. The van der Waals surface area contributed by atoms with E-state index < -0.39 is 0 Å². The van der Waals surface area contributed by atoms with E-state index in [1.54, 1.807) is 6.07 Å². The summed E-state index contributed by atoms with van der Waals surface area (Å²) in [6, 6.07) is 7.02. The molecule has 1 aromatic carbocycles. The number of benzene rings is 1. The van der Waals surface area contributed by atoms with Crippen LogP contribution >= 0.6 is 0 Å². The zero-order chi connectivity index (χ0) is 16.1. The van der Waals surface area contributed by atoms with Crippen molar-refractivity contribution >= 4 is 0 Å². The predicted octanol–water partition coefficient (Wildman–Crippen LogP) is 3.98. The van der Waals surface area contributed by atoms with Crippen LogP contribution in [0.4, 0.5) is 4.39 Å². The lowest BCUT2D eigenvalue weighted by Crippen LogP contribution is -2.28. The van der Waals surface area contributed by atoms with Crippen LogP contribution < -0.4 is 5.32 Å². The van der Waals surface area contributed by atoms with Gasteiger partial charge in [0.25, 0.3) is 0 Å². The molecule has 4 nitrogen and oxygen atoms in total. The van der Waals surface area contributed by atoms with Crippen molar-refractivity contribution in [3.05, 3.63) is 47.4 Å². The first kappa shape index (κ1) is 16.1. The molecule has 1 heterocycles. The summed E-state index contributed by atoms with van der Waals surface area (Å²) in [6.45, 7) is 2.56. The summed E-state index contributed by atoms with van der Waals surface area (Å²) in [4.78, 5) is 4.52. The number of hydrogen-bond acceptors (Lipinski definition) is 4. The fraction of sp³-hybridized carbons (Fsp3) is 0.556. The highest BCUT2D eigenvalue weighted by atomic mass is 19.1. The van der Waals surface area contributed by atoms with Crippen LogP contribution in [-0.4, -0.2) is 16.2 Å². The number of hydrogen-bond donors (Lipinski definition) is 1. The molecule has 3 rings (SSSR count). The summed E-state index contributed by atoms with van der Waals surface area (Å²) < 4.78 is 19.0. The van der Waals surface area contributed by atoms with Crippen molar-refractivity contribution in [2.45, 2.75) is 64.0 Å². The quantitative estimate of drug-likeness (QED) is 0.875. The van der Waals surface area contributed by atoms with E-state index in [9.17, 15) is 4.39 Å². The van der Waals surface area contributed by atoms with Crippen molar-refractivity contribution in [1.29, 1.82) is 0 Å². The van der Waals surface area contributed by atoms with Crippen LogP contribution in [0.5, 0.6) is 0 Å². The Morgan fingerprint density at radius 1 is 1.26 bits per heavy atom. The van der Waals surface area contributed by atoms with Crippen LogP contribution in [0.25, 0.3) is 0 Å². The molecule has 2 aromatic rings. The first-order valence-corrected chi connectivity index (χ1v) is 8.51. The molecule has 0 bridgehead atoms. The molecule has 0 saturated heterocycles. The van der Waals surface area contributed by atoms with Crippen molar-refractivity contribution < 1.29 is 8.91 Å². The zero-order valence-corrected chi connectivity index (χ0v) is 13.6. The van der Waals surface area contributed by atoms with Gasteiger partial charge in [0.15, 0.2) is 5.82 Å². The lowest BCUT2D eigenvalue weighted by atomic mass is 9.89. The van der Waals surface area contributed by atoms with Crippen molar-refractivity contribution in [3.8, 4) is 0 Å². The van der Waals surface area contributed by atoms with Gasteiger partial charge in [-0.25, -0.2) is 4.39 Å². The topological polar surface area (TPSA) is 51.0 Å². The molecule has 1 aromatic heterocycles. The van der Waals surface area contributed by atoms with E-state index in [1.807, 2.05) is 19.1 Å². The Hall–Kier alpha value is -1.75. The van der Waals surface area contributed by atoms with Crippen LogP contribution in [0.3, 0.4) is 0 Å². The largest absolute Gasteiger partial charge is 0.338 e. The maximum absolute atomic E-state index is 13.7. The van der Waals surface area contributed by atoms with Gasteiger partial charge in [-0.15, -0.1) is 0 Å². The fourth-order valence-electron chi connectivity index (χ4n) is 3.19. The molecule has 0 spiro atoms. The zero-order valence-electron chi connectivity index (χ0n) is 13.6. The Labute approximate surface area is 136 Å². The summed E-state index contributed by atoms with van der Waals surface area (Å²) in [6.07, 6.45) is 6.79. The molecule has 0 unspecified atom stereocenters. The van der Waals surface area contributed by atoms with Gasteiger partial charge < -0.3 is 9.84 Å². The summed E-state index contributed by atoms with van der Waals surface area (Å²) in [5.41, 5.74) is 0.723. The molecular weight excluding hydrogens is 293 g/mol. The predicted molar refractivity (Wildman–Crippen MR) is 86.5 cm³/mol. The molecule has 23 heavy (non-hydrogen) atoms. The lowest BCUT2D eigenvalue weighted by molar-refractivity contribution is 0.345. The number of halogens is 1. The normalized spacial score (nSPS) is 17.3. The molecule has 5 heteroatoms. The highest BCUT2D eigenvalue weighted by molar-refractivity contribution is 5.18. The van der Waals surface area contributed by atoms with Crippen molar-refractivity contribution in [2.75, 3.05) is 0 Å². The van der Waals surface area contributed by atoms with E-state index in [2.05, 4.69) is 15.5 Å². The second kappa shape index (κ2) is 7.68. The van der Waals surface area contributed by atoms with E-state index in [4.69, 9.17) is 4.52 Å². The van der Waals surface area contributed by atoms with Crippen LogP contribution in [0.2, 0.25) is 0 Å². The minimum Gasteiger partial charge on any atom is -0.338 e. The second-order valence-corrected chi connectivity index (χ2v) is 6.46. The Kier molecular flexibility index (Phi) is 5.39.